The normalized spacial score (nSPS) is 29.6. The maximum atomic E-state index is 3.65. The molecule has 3 rings (SSSR count). The van der Waals surface area contributed by atoms with E-state index < -0.39 is 0 Å². The highest BCUT2D eigenvalue weighted by molar-refractivity contribution is 4.82. The van der Waals surface area contributed by atoms with E-state index in [1.165, 1.54) is 77.3 Å². The average molecular weight is 236 g/mol. The van der Waals surface area contributed by atoms with Crippen LogP contribution in [0.2, 0.25) is 0 Å². The fourth-order valence-electron chi connectivity index (χ4n) is 3.66. The summed E-state index contributed by atoms with van der Waals surface area (Å²) < 4.78 is 0. The quantitative estimate of drug-likeness (QED) is 0.805. The van der Waals surface area contributed by atoms with Gasteiger partial charge in [-0.05, 0) is 43.9 Å². The molecule has 1 heterocycles. The third kappa shape index (κ3) is 3.69. The van der Waals surface area contributed by atoms with Crippen molar-refractivity contribution in [1.29, 1.82) is 0 Å². The van der Waals surface area contributed by atoms with Gasteiger partial charge in [0.15, 0.2) is 0 Å². The van der Waals surface area contributed by atoms with Crippen LogP contribution in [0.25, 0.3) is 0 Å². The molecule has 1 aliphatic heterocycles. The Labute approximate surface area is 106 Å². The lowest BCUT2D eigenvalue weighted by Crippen LogP contribution is -2.44. The fraction of sp³-hybridized carbons (Fsp3) is 1.00. The van der Waals surface area contributed by atoms with E-state index in [-0.39, 0.29) is 0 Å². The topological polar surface area (TPSA) is 15.3 Å². The highest BCUT2D eigenvalue weighted by Gasteiger charge is 2.27. The summed E-state index contributed by atoms with van der Waals surface area (Å²) in [6.45, 7) is 2.60. The standard InChI is InChI=1S/C15H28N2/c1-2-4-13(5-3-1)12-14-8-10-17(11-9-14)16-15-6-7-15/h13-16H,1-12H2. The summed E-state index contributed by atoms with van der Waals surface area (Å²) in [6, 6.07) is 0.838. The summed E-state index contributed by atoms with van der Waals surface area (Å²) in [5, 5.41) is 2.50. The Hall–Kier alpha value is -0.0800. The van der Waals surface area contributed by atoms with Crippen molar-refractivity contribution in [2.75, 3.05) is 13.1 Å². The van der Waals surface area contributed by atoms with Gasteiger partial charge in [-0.3, -0.25) is 5.43 Å². The summed E-state index contributed by atoms with van der Waals surface area (Å²) in [5.74, 6) is 2.12. The molecule has 0 bridgehead atoms. The molecule has 2 heteroatoms. The van der Waals surface area contributed by atoms with Crippen molar-refractivity contribution in [3.63, 3.8) is 0 Å². The predicted molar refractivity (Wildman–Crippen MR) is 71.6 cm³/mol. The van der Waals surface area contributed by atoms with Crippen molar-refractivity contribution in [1.82, 2.24) is 10.4 Å². The van der Waals surface area contributed by atoms with Crippen LogP contribution in [0, 0.1) is 11.8 Å². The van der Waals surface area contributed by atoms with Crippen LogP contribution in [0.15, 0.2) is 0 Å². The first-order valence-corrected chi connectivity index (χ1v) is 7.91. The first-order valence-electron chi connectivity index (χ1n) is 7.91. The van der Waals surface area contributed by atoms with Gasteiger partial charge in [0.05, 0.1) is 0 Å². The zero-order valence-corrected chi connectivity index (χ0v) is 11.2. The first kappa shape index (κ1) is 12.0. The van der Waals surface area contributed by atoms with Crippen molar-refractivity contribution in [2.45, 2.75) is 70.3 Å². The number of hydrogen-bond acceptors (Lipinski definition) is 2. The van der Waals surface area contributed by atoms with Crippen LogP contribution in [0.1, 0.15) is 64.2 Å². The summed E-state index contributed by atoms with van der Waals surface area (Å²) in [6.07, 6.45) is 14.8. The van der Waals surface area contributed by atoms with Gasteiger partial charge < -0.3 is 0 Å². The molecule has 0 aromatic carbocycles. The van der Waals surface area contributed by atoms with Crippen molar-refractivity contribution in [2.24, 2.45) is 11.8 Å². The second kappa shape index (κ2) is 5.71. The largest absolute Gasteiger partial charge is 0.252 e. The molecule has 1 saturated heterocycles. The van der Waals surface area contributed by atoms with Crippen LogP contribution in [-0.4, -0.2) is 24.1 Å². The minimum atomic E-state index is 0.838. The summed E-state index contributed by atoms with van der Waals surface area (Å²) in [5.41, 5.74) is 3.65. The van der Waals surface area contributed by atoms with Crippen LogP contribution < -0.4 is 5.43 Å². The zero-order valence-electron chi connectivity index (χ0n) is 11.2. The predicted octanol–water partition coefficient (Wildman–Crippen LogP) is 3.34. The molecule has 0 atom stereocenters. The lowest BCUT2D eigenvalue weighted by Gasteiger charge is -2.34. The lowest BCUT2D eigenvalue weighted by atomic mass is 9.80. The summed E-state index contributed by atoms with van der Waals surface area (Å²) >= 11 is 0. The SMILES string of the molecule is C1CCC(CC2CCN(NC3CC3)CC2)CC1. The van der Waals surface area contributed by atoms with Crippen LogP contribution in [0.5, 0.6) is 0 Å². The third-order valence-electron chi connectivity index (χ3n) is 4.95. The van der Waals surface area contributed by atoms with Crippen molar-refractivity contribution in [3.8, 4) is 0 Å². The van der Waals surface area contributed by atoms with E-state index in [0.717, 1.165) is 17.9 Å². The Bertz CT molecular complexity index is 223. The van der Waals surface area contributed by atoms with Gasteiger partial charge >= 0.3 is 0 Å². The maximum absolute atomic E-state index is 3.65. The second-order valence-electron chi connectivity index (χ2n) is 6.57. The molecule has 0 unspecified atom stereocenters. The van der Waals surface area contributed by atoms with E-state index in [0.29, 0.717) is 0 Å². The van der Waals surface area contributed by atoms with Crippen molar-refractivity contribution in [3.05, 3.63) is 0 Å². The van der Waals surface area contributed by atoms with Gasteiger partial charge in [-0.1, -0.05) is 32.1 Å². The van der Waals surface area contributed by atoms with E-state index in [4.69, 9.17) is 0 Å². The van der Waals surface area contributed by atoms with Gasteiger partial charge in [0.2, 0.25) is 0 Å². The van der Waals surface area contributed by atoms with Crippen LogP contribution >= 0.6 is 0 Å². The maximum Gasteiger partial charge on any atom is 0.0216 e. The number of nitrogens with one attached hydrogen (secondary N) is 1. The second-order valence-corrected chi connectivity index (χ2v) is 6.57. The number of nitrogens with zero attached hydrogens (tertiary/aromatic N) is 1. The average Bonchev–Trinajstić information content (AvgIpc) is 3.17. The molecule has 1 N–H and O–H groups in total. The van der Waals surface area contributed by atoms with Crippen molar-refractivity contribution >= 4 is 0 Å². The highest BCUT2D eigenvalue weighted by atomic mass is 15.5. The molecule has 17 heavy (non-hydrogen) atoms. The Morgan fingerprint density at radius 2 is 1.41 bits per heavy atom. The lowest BCUT2D eigenvalue weighted by molar-refractivity contribution is 0.107. The van der Waals surface area contributed by atoms with Crippen LogP contribution in [0.3, 0.4) is 0 Å². The van der Waals surface area contributed by atoms with E-state index >= 15 is 0 Å². The highest BCUT2D eigenvalue weighted by Crippen LogP contribution is 2.32. The third-order valence-corrected chi connectivity index (χ3v) is 4.95. The molecule has 0 aromatic heterocycles. The van der Waals surface area contributed by atoms with Gasteiger partial charge in [0.25, 0.3) is 0 Å². The fourth-order valence-corrected chi connectivity index (χ4v) is 3.66. The van der Waals surface area contributed by atoms with Crippen LogP contribution in [0.4, 0.5) is 0 Å². The minimum absolute atomic E-state index is 0.838. The van der Waals surface area contributed by atoms with E-state index in [9.17, 15) is 0 Å². The van der Waals surface area contributed by atoms with Crippen molar-refractivity contribution < 1.29 is 0 Å². The van der Waals surface area contributed by atoms with Crippen LogP contribution in [-0.2, 0) is 0 Å². The summed E-state index contributed by atoms with van der Waals surface area (Å²) in [7, 11) is 0. The monoisotopic (exact) mass is 236 g/mol. The Morgan fingerprint density at radius 3 is 2.06 bits per heavy atom. The molecule has 3 aliphatic rings. The molecule has 2 saturated carbocycles. The molecule has 0 radical (unpaired) electrons. The first-order chi connectivity index (χ1) is 8.40. The molecular weight excluding hydrogens is 208 g/mol. The molecule has 0 aromatic rings. The van der Waals surface area contributed by atoms with E-state index in [1.54, 1.807) is 0 Å². The Balaban J connectivity index is 1.35. The number of hydrazine groups is 1. The van der Waals surface area contributed by atoms with Gasteiger partial charge in [0.1, 0.15) is 0 Å². The smallest absolute Gasteiger partial charge is 0.0216 e. The van der Waals surface area contributed by atoms with E-state index in [1.807, 2.05) is 0 Å². The molecule has 0 amide bonds. The van der Waals surface area contributed by atoms with Gasteiger partial charge in [-0.2, -0.15) is 0 Å². The molecule has 98 valence electrons. The van der Waals surface area contributed by atoms with E-state index in [2.05, 4.69) is 10.4 Å². The molecule has 3 fully saturated rings. The number of hydrogen-bond donors (Lipinski definition) is 1. The van der Waals surface area contributed by atoms with Gasteiger partial charge in [0, 0.05) is 19.1 Å². The minimum Gasteiger partial charge on any atom is -0.252 e. The Kier molecular flexibility index (Phi) is 4.02. The molecule has 2 nitrogen and oxygen atoms in total. The zero-order chi connectivity index (χ0) is 11.5. The molecular formula is C15H28N2. The van der Waals surface area contributed by atoms with Gasteiger partial charge in [-0.15, -0.1) is 0 Å². The molecule has 0 spiro atoms. The Morgan fingerprint density at radius 1 is 0.765 bits per heavy atom. The number of rotatable bonds is 4. The number of piperidine rings is 1. The van der Waals surface area contributed by atoms with Gasteiger partial charge in [-0.25, -0.2) is 5.01 Å². The summed E-state index contributed by atoms with van der Waals surface area (Å²) in [4.78, 5) is 0. The molecule has 2 aliphatic carbocycles.